The molecule has 27 heavy (non-hydrogen) atoms. The van der Waals surface area contributed by atoms with Crippen LogP contribution < -0.4 is 15.6 Å². The Hall–Kier alpha value is -2.48. The van der Waals surface area contributed by atoms with Crippen molar-refractivity contribution in [2.45, 2.75) is 57.3 Å². The van der Waals surface area contributed by atoms with Crippen LogP contribution in [0.4, 0.5) is 10.2 Å². The third-order valence-electron chi connectivity index (χ3n) is 6.18. The maximum atomic E-state index is 15.3. The van der Waals surface area contributed by atoms with Crippen LogP contribution in [0.1, 0.15) is 48.1 Å². The second-order valence-corrected chi connectivity index (χ2v) is 8.00. The van der Waals surface area contributed by atoms with E-state index in [0.29, 0.717) is 18.2 Å². The molecule has 7 nitrogen and oxygen atoms in total. The number of carboxylic acids is 1. The molecule has 5 rings (SSSR count). The number of nitrogens with zero attached hydrogens (tertiary/aromatic N) is 3. The molecule has 2 bridgehead atoms. The summed E-state index contributed by atoms with van der Waals surface area (Å²) >= 11 is 0. The molecule has 0 unspecified atom stereocenters. The number of piperazine rings is 1. The van der Waals surface area contributed by atoms with Crippen molar-refractivity contribution in [1.82, 2.24) is 14.9 Å². The first-order valence-corrected chi connectivity index (χ1v) is 9.37. The number of aromatic carboxylic acids is 1. The molecule has 2 aromatic rings. The molecule has 1 saturated carbocycles. The number of aryl methyl sites for hydroxylation is 1. The quantitative estimate of drug-likeness (QED) is 0.855. The SMILES string of the molecule is Cc1c(F)c(N2C[C@H]3C[C@@H]2[C@H](C)N3)nc2c1c(=O)c(C(=O)O)cn2C1CC1. The van der Waals surface area contributed by atoms with Gasteiger partial charge in [0, 0.05) is 42.5 Å². The lowest BCUT2D eigenvalue weighted by atomic mass is 10.1. The number of aromatic nitrogens is 2. The van der Waals surface area contributed by atoms with Crippen LogP contribution in [-0.2, 0) is 0 Å². The minimum Gasteiger partial charge on any atom is -0.477 e. The Kier molecular flexibility index (Phi) is 3.40. The number of anilines is 1. The van der Waals surface area contributed by atoms with Crippen LogP contribution in [0.2, 0.25) is 0 Å². The van der Waals surface area contributed by atoms with Crippen molar-refractivity contribution in [3.8, 4) is 0 Å². The summed E-state index contributed by atoms with van der Waals surface area (Å²) in [4.78, 5) is 30.8. The average Bonchev–Trinajstić information content (AvgIpc) is 3.28. The topological polar surface area (TPSA) is 87.5 Å². The van der Waals surface area contributed by atoms with Crippen molar-refractivity contribution in [3.05, 3.63) is 33.4 Å². The number of halogens is 1. The predicted molar refractivity (Wildman–Crippen MR) is 98.1 cm³/mol. The van der Waals surface area contributed by atoms with Crippen LogP contribution in [0.15, 0.2) is 11.0 Å². The van der Waals surface area contributed by atoms with Gasteiger partial charge in [-0.3, -0.25) is 4.79 Å². The number of hydrogen-bond acceptors (Lipinski definition) is 5. The van der Waals surface area contributed by atoms with E-state index in [1.165, 1.54) is 6.20 Å². The van der Waals surface area contributed by atoms with Gasteiger partial charge in [0.2, 0.25) is 5.43 Å². The molecule has 142 valence electrons. The van der Waals surface area contributed by atoms with Crippen LogP contribution in [0.3, 0.4) is 0 Å². The summed E-state index contributed by atoms with van der Waals surface area (Å²) < 4.78 is 17.0. The fraction of sp³-hybridized carbons (Fsp3) is 0.526. The maximum absolute atomic E-state index is 15.3. The van der Waals surface area contributed by atoms with Crippen molar-refractivity contribution < 1.29 is 14.3 Å². The Morgan fingerprint density at radius 3 is 2.74 bits per heavy atom. The van der Waals surface area contributed by atoms with Crippen molar-refractivity contribution in [2.24, 2.45) is 0 Å². The Morgan fingerprint density at radius 2 is 2.15 bits per heavy atom. The highest BCUT2D eigenvalue weighted by molar-refractivity contribution is 5.93. The van der Waals surface area contributed by atoms with Crippen LogP contribution in [0.25, 0.3) is 11.0 Å². The average molecular weight is 372 g/mol. The molecule has 0 aromatic carbocycles. The fourth-order valence-electron chi connectivity index (χ4n) is 4.66. The maximum Gasteiger partial charge on any atom is 0.341 e. The molecule has 0 radical (unpaired) electrons. The first kappa shape index (κ1) is 16.7. The van der Waals surface area contributed by atoms with E-state index in [1.54, 1.807) is 11.5 Å². The van der Waals surface area contributed by atoms with Crippen molar-refractivity contribution in [2.75, 3.05) is 11.4 Å². The van der Waals surface area contributed by atoms with Crippen LogP contribution >= 0.6 is 0 Å². The zero-order valence-corrected chi connectivity index (χ0v) is 15.2. The van der Waals surface area contributed by atoms with Gasteiger partial charge in [-0.2, -0.15) is 0 Å². The summed E-state index contributed by atoms with van der Waals surface area (Å²) in [5, 5.41) is 13.0. The van der Waals surface area contributed by atoms with Gasteiger partial charge >= 0.3 is 5.97 Å². The van der Waals surface area contributed by atoms with E-state index in [0.717, 1.165) is 19.3 Å². The summed E-state index contributed by atoms with van der Waals surface area (Å²) in [6.07, 6.45) is 4.13. The van der Waals surface area contributed by atoms with Crippen LogP contribution in [-0.4, -0.2) is 45.3 Å². The molecule has 0 amide bonds. The first-order valence-electron chi connectivity index (χ1n) is 9.37. The van der Waals surface area contributed by atoms with Crippen molar-refractivity contribution >= 4 is 22.8 Å². The van der Waals surface area contributed by atoms with Gasteiger partial charge in [0.05, 0.1) is 5.39 Å². The smallest absolute Gasteiger partial charge is 0.341 e. The van der Waals surface area contributed by atoms with Crippen LogP contribution in [0.5, 0.6) is 0 Å². The molecule has 4 heterocycles. The molecule has 3 atom stereocenters. The van der Waals surface area contributed by atoms with Crippen molar-refractivity contribution in [1.29, 1.82) is 0 Å². The number of rotatable bonds is 3. The predicted octanol–water partition coefficient (Wildman–Crippen LogP) is 1.82. The van der Waals surface area contributed by atoms with Gasteiger partial charge in [-0.05, 0) is 33.1 Å². The van der Waals surface area contributed by atoms with E-state index in [2.05, 4.69) is 17.2 Å². The zero-order valence-electron chi connectivity index (χ0n) is 15.2. The molecule has 0 spiro atoms. The molecule has 1 aliphatic carbocycles. The number of carbonyl (C=O) groups is 1. The first-order chi connectivity index (χ1) is 12.9. The van der Waals surface area contributed by atoms with Crippen LogP contribution in [0, 0.1) is 12.7 Å². The monoisotopic (exact) mass is 372 g/mol. The van der Waals surface area contributed by atoms with E-state index in [1.807, 2.05) is 4.90 Å². The molecular weight excluding hydrogens is 351 g/mol. The molecule has 2 aliphatic heterocycles. The standard InChI is InChI=1S/C19H21FN4O3/c1-8-14-16(25)12(19(26)27)7-23(11-3-4-11)17(14)22-18(15(8)20)24-6-10-5-13(24)9(2)21-10/h7,9-11,13,21H,3-6H2,1-2H3,(H,26,27)/t9-,10+,13+/m0/s1. The Balaban J connectivity index is 1.77. The summed E-state index contributed by atoms with van der Waals surface area (Å²) in [5.41, 5.74) is -0.419. The van der Waals surface area contributed by atoms with E-state index >= 15 is 4.39 Å². The molecule has 2 aromatic heterocycles. The van der Waals surface area contributed by atoms with Crippen molar-refractivity contribution in [3.63, 3.8) is 0 Å². The summed E-state index contributed by atoms with van der Waals surface area (Å²) in [5.74, 6) is -1.54. The largest absolute Gasteiger partial charge is 0.477 e. The lowest BCUT2D eigenvalue weighted by molar-refractivity contribution is 0.0695. The van der Waals surface area contributed by atoms with Gasteiger partial charge < -0.3 is 19.9 Å². The highest BCUT2D eigenvalue weighted by Crippen LogP contribution is 2.39. The summed E-state index contributed by atoms with van der Waals surface area (Å²) in [6.45, 7) is 4.32. The molecule has 3 aliphatic rings. The number of carboxylic acid groups (broad SMARTS) is 1. The minimum atomic E-state index is -1.29. The third-order valence-corrected chi connectivity index (χ3v) is 6.18. The number of nitrogens with one attached hydrogen (secondary N) is 1. The molecule has 2 N–H and O–H groups in total. The lowest BCUT2D eigenvalue weighted by Gasteiger charge is -2.33. The van der Waals surface area contributed by atoms with E-state index in [4.69, 9.17) is 0 Å². The normalized spacial score (nSPS) is 26.9. The highest BCUT2D eigenvalue weighted by atomic mass is 19.1. The van der Waals surface area contributed by atoms with E-state index < -0.39 is 17.2 Å². The summed E-state index contributed by atoms with van der Waals surface area (Å²) in [6, 6.07) is 0.864. The zero-order chi connectivity index (χ0) is 19.0. The molecule has 2 saturated heterocycles. The second kappa shape index (κ2) is 5.51. The minimum absolute atomic E-state index is 0.0820. The molecule has 3 fully saturated rings. The highest BCUT2D eigenvalue weighted by Gasteiger charge is 2.44. The van der Waals surface area contributed by atoms with E-state index in [-0.39, 0.29) is 40.5 Å². The Morgan fingerprint density at radius 1 is 1.41 bits per heavy atom. The lowest BCUT2D eigenvalue weighted by Crippen LogP contribution is -2.50. The van der Waals surface area contributed by atoms with Gasteiger partial charge in [-0.15, -0.1) is 0 Å². The molecule has 8 heteroatoms. The van der Waals surface area contributed by atoms with Gasteiger partial charge in [0.25, 0.3) is 0 Å². The number of pyridine rings is 2. The Labute approximate surface area is 154 Å². The summed E-state index contributed by atoms with van der Waals surface area (Å²) in [7, 11) is 0. The molecular formula is C19H21FN4O3. The Bertz CT molecular complexity index is 1050. The second-order valence-electron chi connectivity index (χ2n) is 8.00. The third kappa shape index (κ3) is 2.32. The van der Waals surface area contributed by atoms with Gasteiger partial charge in [-0.1, -0.05) is 0 Å². The van der Waals surface area contributed by atoms with Gasteiger partial charge in [0.15, 0.2) is 11.6 Å². The van der Waals surface area contributed by atoms with Gasteiger partial charge in [-0.25, -0.2) is 14.2 Å². The van der Waals surface area contributed by atoms with Gasteiger partial charge in [0.1, 0.15) is 11.2 Å². The number of hydrogen-bond donors (Lipinski definition) is 2. The number of fused-ring (bicyclic) bond motifs is 3. The fourth-order valence-corrected chi connectivity index (χ4v) is 4.66. The van der Waals surface area contributed by atoms with E-state index in [9.17, 15) is 14.7 Å².